The molecule has 0 heterocycles. The van der Waals surface area contributed by atoms with Crippen LogP contribution < -0.4 is 0 Å². The van der Waals surface area contributed by atoms with Crippen LogP contribution in [0.2, 0.25) is 0 Å². The van der Waals surface area contributed by atoms with E-state index in [4.69, 9.17) is 9.47 Å². The minimum absolute atomic E-state index is 0.352. The summed E-state index contributed by atoms with van der Waals surface area (Å²) in [5.41, 5.74) is 0. The van der Waals surface area contributed by atoms with Gasteiger partial charge < -0.3 is 9.47 Å². The van der Waals surface area contributed by atoms with Crippen LogP contribution in [0.1, 0.15) is 32.1 Å². The first kappa shape index (κ1) is 12.9. The third-order valence-corrected chi connectivity index (χ3v) is 6.50. The number of hydrogen-bond donors (Lipinski definition) is 0. The molecule has 110 valence electrons. The van der Waals surface area contributed by atoms with Gasteiger partial charge in [0.15, 0.2) is 0 Å². The normalized spacial score (nSPS) is 47.5. The Morgan fingerprint density at radius 1 is 1.05 bits per heavy atom. The highest BCUT2D eigenvalue weighted by molar-refractivity contribution is 5.81. The first-order valence-corrected chi connectivity index (χ1v) is 8.18. The lowest BCUT2D eigenvalue weighted by atomic mass is 9.70. The third kappa shape index (κ3) is 1.86. The Hall–Kier alpha value is -0.830. The van der Waals surface area contributed by atoms with Crippen LogP contribution in [0.3, 0.4) is 0 Å². The molecule has 20 heavy (non-hydrogen) atoms. The van der Waals surface area contributed by atoms with Gasteiger partial charge in [-0.25, -0.2) is 4.79 Å². The van der Waals surface area contributed by atoms with E-state index in [1.54, 1.807) is 0 Å². The quantitative estimate of drug-likeness (QED) is 0.335. The van der Waals surface area contributed by atoms with Crippen LogP contribution in [-0.2, 0) is 14.3 Å². The average Bonchev–Trinajstić information content (AvgIpc) is 3.19. The van der Waals surface area contributed by atoms with Crippen molar-refractivity contribution in [2.75, 3.05) is 13.2 Å². The summed E-state index contributed by atoms with van der Waals surface area (Å²) >= 11 is 0. The van der Waals surface area contributed by atoms with Gasteiger partial charge in [0.25, 0.3) is 0 Å². The van der Waals surface area contributed by atoms with Crippen LogP contribution in [0.25, 0.3) is 0 Å². The van der Waals surface area contributed by atoms with Gasteiger partial charge in [0, 0.05) is 6.08 Å². The largest absolute Gasteiger partial charge is 0.460 e. The molecule has 4 aliphatic rings. The number of rotatable bonds is 5. The molecule has 0 aliphatic heterocycles. The number of ether oxygens (including phenoxy) is 2. The minimum Gasteiger partial charge on any atom is -0.460 e. The second-order valence-corrected chi connectivity index (χ2v) is 7.16. The molecule has 0 aromatic heterocycles. The molecule has 6 unspecified atom stereocenters. The summed E-state index contributed by atoms with van der Waals surface area (Å²) in [4.78, 5) is 11.0. The fourth-order valence-corrected chi connectivity index (χ4v) is 6.10. The number of hydrogen-bond acceptors (Lipinski definition) is 3. The van der Waals surface area contributed by atoms with Crippen molar-refractivity contribution in [3.8, 4) is 0 Å². The van der Waals surface area contributed by atoms with Crippen LogP contribution in [0.5, 0.6) is 0 Å². The molecule has 7 atom stereocenters. The van der Waals surface area contributed by atoms with E-state index in [0.717, 1.165) is 35.5 Å². The molecule has 0 aromatic rings. The van der Waals surface area contributed by atoms with Crippen molar-refractivity contribution >= 4 is 5.97 Å². The lowest BCUT2D eigenvalue weighted by Crippen LogP contribution is -2.36. The van der Waals surface area contributed by atoms with E-state index in [9.17, 15) is 4.79 Å². The van der Waals surface area contributed by atoms with E-state index in [1.165, 1.54) is 38.2 Å². The van der Waals surface area contributed by atoms with E-state index < -0.39 is 0 Å². The summed E-state index contributed by atoms with van der Waals surface area (Å²) < 4.78 is 11.0. The molecule has 4 bridgehead atoms. The van der Waals surface area contributed by atoms with Gasteiger partial charge in [-0.3, -0.25) is 0 Å². The molecule has 0 radical (unpaired) electrons. The van der Waals surface area contributed by atoms with E-state index in [1.807, 2.05) is 0 Å². The molecule has 3 nitrogen and oxygen atoms in total. The van der Waals surface area contributed by atoms with Gasteiger partial charge in [0.2, 0.25) is 0 Å². The van der Waals surface area contributed by atoms with Crippen LogP contribution >= 0.6 is 0 Å². The van der Waals surface area contributed by atoms with Gasteiger partial charge in [-0.05, 0) is 67.6 Å². The van der Waals surface area contributed by atoms with Crippen LogP contribution in [-0.4, -0.2) is 25.3 Å². The highest BCUT2D eigenvalue weighted by Crippen LogP contribution is 2.67. The maximum absolute atomic E-state index is 11.0. The molecule has 4 rings (SSSR count). The molecule has 4 saturated carbocycles. The highest BCUT2D eigenvalue weighted by Gasteiger charge is 2.62. The summed E-state index contributed by atoms with van der Waals surface area (Å²) in [5, 5.41) is 0. The Labute approximate surface area is 120 Å². The second-order valence-electron chi connectivity index (χ2n) is 7.16. The molecule has 0 aromatic carbocycles. The molecule has 4 fully saturated rings. The van der Waals surface area contributed by atoms with E-state index in [2.05, 4.69) is 6.58 Å². The van der Waals surface area contributed by atoms with Crippen LogP contribution in [0, 0.1) is 35.5 Å². The van der Waals surface area contributed by atoms with Gasteiger partial charge in [-0.1, -0.05) is 6.58 Å². The predicted octanol–water partition coefficient (Wildman–Crippen LogP) is 2.80. The standard InChI is InChI=1S/C17H24O3/c1-2-15(18)20-6-5-19-14-9-12-8-13(14)17-11-4-3-10(7-11)16(12)17/h2,10-14,16-17H,1,3-9H2/t10?,11?,12?,13?,14-,16?,17?/m1/s1. The van der Waals surface area contributed by atoms with Crippen molar-refractivity contribution in [3.05, 3.63) is 12.7 Å². The van der Waals surface area contributed by atoms with Gasteiger partial charge in [-0.2, -0.15) is 0 Å². The van der Waals surface area contributed by atoms with Crippen molar-refractivity contribution in [1.82, 2.24) is 0 Å². The van der Waals surface area contributed by atoms with Gasteiger partial charge in [0.1, 0.15) is 6.61 Å². The number of carbonyl (C=O) groups is 1. The minimum atomic E-state index is -0.352. The van der Waals surface area contributed by atoms with Crippen molar-refractivity contribution in [1.29, 1.82) is 0 Å². The third-order valence-electron chi connectivity index (χ3n) is 6.50. The maximum atomic E-state index is 11.0. The zero-order valence-electron chi connectivity index (χ0n) is 12.0. The Kier molecular flexibility index (Phi) is 3.13. The molecule has 0 spiro atoms. The van der Waals surface area contributed by atoms with Crippen molar-refractivity contribution in [3.63, 3.8) is 0 Å². The summed E-state index contributed by atoms with van der Waals surface area (Å²) in [5.74, 6) is 5.44. The molecule has 0 saturated heterocycles. The molecule has 0 N–H and O–H groups in total. The summed E-state index contributed by atoms with van der Waals surface area (Å²) in [7, 11) is 0. The van der Waals surface area contributed by atoms with E-state index in [0.29, 0.717) is 19.3 Å². The SMILES string of the molecule is C=CC(=O)OCCO[C@@H]1CC2CC1C1C3CCC(C3)C21. The topological polar surface area (TPSA) is 35.5 Å². The van der Waals surface area contributed by atoms with Crippen LogP contribution in [0.15, 0.2) is 12.7 Å². The lowest BCUT2D eigenvalue weighted by Gasteiger charge is -2.38. The fourth-order valence-electron chi connectivity index (χ4n) is 6.10. The summed E-state index contributed by atoms with van der Waals surface area (Å²) in [6, 6.07) is 0. The Balaban J connectivity index is 1.30. The Bertz CT molecular complexity index is 418. The van der Waals surface area contributed by atoms with Crippen molar-refractivity contribution in [2.45, 2.75) is 38.2 Å². The summed E-state index contributed by atoms with van der Waals surface area (Å²) in [6.07, 6.45) is 8.77. The first-order chi connectivity index (χ1) is 9.78. The van der Waals surface area contributed by atoms with Gasteiger partial charge in [-0.15, -0.1) is 0 Å². The Morgan fingerprint density at radius 2 is 1.85 bits per heavy atom. The first-order valence-electron chi connectivity index (χ1n) is 8.18. The summed E-state index contributed by atoms with van der Waals surface area (Å²) in [6.45, 7) is 4.29. The number of fused-ring (bicyclic) bond motifs is 9. The van der Waals surface area contributed by atoms with Crippen molar-refractivity contribution in [2.24, 2.45) is 35.5 Å². The Morgan fingerprint density at radius 3 is 2.65 bits per heavy atom. The fraction of sp³-hybridized carbons (Fsp3) is 0.824. The van der Waals surface area contributed by atoms with Crippen molar-refractivity contribution < 1.29 is 14.3 Å². The van der Waals surface area contributed by atoms with Crippen LogP contribution in [0.4, 0.5) is 0 Å². The molecular formula is C17H24O3. The molecule has 4 aliphatic carbocycles. The van der Waals surface area contributed by atoms with E-state index >= 15 is 0 Å². The average molecular weight is 276 g/mol. The second kappa shape index (κ2) is 4.87. The lowest BCUT2D eigenvalue weighted by molar-refractivity contribution is -0.140. The zero-order chi connectivity index (χ0) is 13.7. The van der Waals surface area contributed by atoms with Gasteiger partial charge >= 0.3 is 5.97 Å². The molecular weight excluding hydrogens is 252 g/mol. The van der Waals surface area contributed by atoms with Gasteiger partial charge in [0.05, 0.1) is 12.7 Å². The zero-order valence-corrected chi connectivity index (χ0v) is 12.0. The number of carbonyl (C=O) groups excluding carboxylic acids is 1. The molecule has 3 heteroatoms. The monoisotopic (exact) mass is 276 g/mol. The maximum Gasteiger partial charge on any atom is 0.330 e. The smallest absolute Gasteiger partial charge is 0.330 e. The van der Waals surface area contributed by atoms with E-state index in [-0.39, 0.29) is 5.97 Å². The molecule has 0 amide bonds. The highest BCUT2D eigenvalue weighted by atomic mass is 16.6. The number of esters is 1. The predicted molar refractivity (Wildman–Crippen MR) is 74.9 cm³/mol.